The second kappa shape index (κ2) is 9.20. The third-order valence-electron chi connectivity index (χ3n) is 3.15. The van der Waals surface area contributed by atoms with Gasteiger partial charge in [0.15, 0.2) is 0 Å². The van der Waals surface area contributed by atoms with Crippen LogP contribution in [-0.2, 0) is 27.3 Å². The summed E-state index contributed by atoms with van der Waals surface area (Å²) >= 11 is 11.9. The van der Waals surface area contributed by atoms with Crippen LogP contribution >= 0.6 is 23.2 Å². The van der Waals surface area contributed by atoms with Gasteiger partial charge in [-0.25, -0.2) is 9.59 Å². The first-order valence-electron chi connectivity index (χ1n) is 7.29. The smallest absolute Gasteiger partial charge is 0.434 e. The van der Waals surface area contributed by atoms with Gasteiger partial charge in [0.2, 0.25) is 0 Å². The second-order valence-electron chi connectivity index (χ2n) is 5.04. The van der Waals surface area contributed by atoms with Crippen molar-refractivity contribution in [2.45, 2.75) is 13.0 Å². The van der Waals surface area contributed by atoms with Crippen molar-refractivity contribution in [1.29, 1.82) is 0 Å². The number of rotatable bonds is 5. The topological polar surface area (TPSA) is 65.0 Å². The first-order chi connectivity index (χ1) is 12.0. The number of hydrogen-bond acceptors (Lipinski definition) is 4. The highest BCUT2D eigenvalue weighted by atomic mass is 35.5. The molecule has 130 valence electrons. The van der Waals surface area contributed by atoms with Gasteiger partial charge in [0.05, 0.1) is 7.11 Å². The van der Waals surface area contributed by atoms with Crippen LogP contribution in [0.2, 0.25) is 10.0 Å². The minimum atomic E-state index is -0.877. The summed E-state index contributed by atoms with van der Waals surface area (Å²) in [6, 6.07) is 14.0. The average molecular weight is 380 g/mol. The number of benzene rings is 2. The standard InChI is InChI=1S/C18H15Cl2NO4/c1-24-17(22)16(9-13-7-14(19)10-15(20)8-13)21-18(23)25-11-12-5-3-2-4-6-12/h2-8,10H,9,11H2,1H3. The maximum atomic E-state index is 11.9. The molecule has 7 heteroatoms. The Hall–Kier alpha value is -2.37. The van der Waals surface area contributed by atoms with Gasteiger partial charge in [0.25, 0.3) is 0 Å². The van der Waals surface area contributed by atoms with Gasteiger partial charge in [-0.3, -0.25) is 0 Å². The van der Waals surface area contributed by atoms with Crippen molar-refractivity contribution >= 4 is 41.0 Å². The number of ether oxygens (including phenoxy) is 2. The van der Waals surface area contributed by atoms with Gasteiger partial charge in [-0.15, -0.1) is 0 Å². The van der Waals surface area contributed by atoms with Gasteiger partial charge >= 0.3 is 12.1 Å². The molecule has 0 fully saturated rings. The average Bonchev–Trinajstić information content (AvgIpc) is 2.58. The van der Waals surface area contributed by atoms with E-state index in [1.807, 2.05) is 30.3 Å². The Morgan fingerprint density at radius 2 is 1.64 bits per heavy atom. The van der Waals surface area contributed by atoms with Crippen molar-refractivity contribution in [3.63, 3.8) is 0 Å². The molecule has 25 heavy (non-hydrogen) atoms. The molecular weight excluding hydrogens is 365 g/mol. The Balaban J connectivity index is 2.11. The van der Waals surface area contributed by atoms with E-state index in [4.69, 9.17) is 27.9 Å². The van der Waals surface area contributed by atoms with E-state index in [-0.39, 0.29) is 18.7 Å². The number of halogens is 2. The van der Waals surface area contributed by atoms with E-state index in [1.165, 1.54) is 7.11 Å². The quantitative estimate of drug-likeness (QED) is 0.567. The van der Waals surface area contributed by atoms with Crippen LogP contribution < -0.4 is 0 Å². The first kappa shape index (κ1) is 19.0. The van der Waals surface area contributed by atoms with E-state index in [9.17, 15) is 9.59 Å². The Morgan fingerprint density at radius 1 is 1.00 bits per heavy atom. The van der Waals surface area contributed by atoms with Crippen LogP contribution in [0.4, 0.5) is 4.79 Å². The Morgan fingerprint density at radius 3 is 2.24 bits per heavy atom. The fourth-order valence-electron chi connectivity index (χ4n) is 2.04. The zero-order valence-corrected chi connectivity index (χ0v) is 14.9. The van der Waals surface area contributed by atoms with E-state index in [2.05, 4.69) is 9.73 Å². The van der Waals surface area contributed by atoms with E-state index < -0.39 is 12.1 Å². The summed E-state index contributed by atoms with van der Waals surface area (Å²) in [6.07, 6.45) is -0.842. The molecule has 0 aliphatic heterocycles. The molecule has 0 N–H and O–H groups in total. The number of carbonyl (C=O) groups is 2. The molecular formula is C18H15Cl2NO4. The predicted octanol–water partition coefficient (Wildman–Crippen LogP) is 4.49. The van der Waals surface area contributed by atoms with Crippen LogP contribution in [0.3, 0.4) is 0 Å². The largest absolute Gasteiger partial charge is 0.465 e. The molecule has 2 aromatic carbocycles. The molecule has 0 aliphatic carbocycles. The van der Waals surface area contributed by atoms with Crippen molar-refractivity contribution in [2.24, 2.45) is 4.99 Å². The molecule has 0 saturated carbocycles. The molecule has 0 unspecified atom stereocenters. The zero-order chi connectivity index (χ0) is 18.2. The van der Waals surface area contributed by atoms with Crippen LogP contribution in [0, 0.1) is 0 Å². The number of hydrogen-bond donors (Lipinski definition) is 0. The molecule has 0 atom stereocenters. The summed E-state index contributed by atoms with van der Waals surface area (Å²) in [7, 11) is 1.21. The lowest BCUT2D eigenvalue weighted by Gasteiger charge is -2.07. The highest BCUT2D eigenvalue weighted by Crippen LogP contribution is 2.20. The molecule has 0 saturated heterocycles. The van der Waals surface area contributed by atoms with E-state index in [1.54, 1.807) is 18.2 Å². The molecule has 0 aromatic heterocycles. The third kappa shape index (κ3) is 6.21. The third-order valence-corrected chi connectivity index (χ3v) is 3.58. The summed E-state index contributed by atoms with van der Waals surface area (Å²) in [5, 5.41) is 0.830. The molecule has 2 rings (SSSR count). The van der Waals surface area contributed by atoms with Crippen molar-refractivity contribution in [2.75, 3.05) is 7.11 Å². The Kier molecular flexibility index (Phi) is 6.98. The highest BCUT2D eigenvalue weighted by Gasteiger charge is 2.16. The summed E-state index contributed by atoms with van der Waals surface area (Å²) in [5.74, 6) is -0.729. The Labute approximate surface area is 155 Å². The molecule has 0 bridgehead atoms. The lowest BCUT2D eigenvalue weighted by atomic mass is 10.1. The SMILES string of the molecule is COC(=O)C(Cc1cc(Cl)cc(Cl)c1)=NC(=O)OCc1ccccc1. The molecule has 0 radical (unpaired) electrons. The summed E-state index contributed by atoms with van der Waals surface area (Å²) < 4.78 is 9.72. The lowest BCUT2D eigenvalue weighted by Crippen LogP contribution is -2.20. The maximum absolute atomic E-state index is 11.9. The fraction of sp³-hybridized carbons (Fsp3) is 0.167. The van der Waals surface area contributed by atoms with Crippen molar-refractivity contribution < 1.29 is 19.1 Å². The van der Waals surface area contributed by atoms with Crippen molar-refractivity contribution in [1.82, 2.24) is 0 Å². The number of methoxy groups -OCH3 is 1. The lowest BCUT2D eigenvalue weighted by molar-refractivity contribution is -0.132. The minimum Gasteiger partial charge on any atom is -0.465 e. The van der Waals surface area contributed by atoms with Gasteiger partial charge in [-0.2, -0.15) is 4.99 Å². The zero-order valence-electron chi connectivity index (χ0n) is 13.4. The monoisotopic (exact) mass is 379 g/mol. The van der Waals surface area contributed by atoms with Gasteiger partial charge < -0.3 is 9.47 Å². The van der Waals surface area contributed by atoms with Crippen LogP contribution in [-0.4, -0.2) is 24.9 Å². The number of carbonyl (C=O) groups excluding carboxylic acids is 2. The summed E-state index contributed by atoms with van der Waals surface area (Å²) in [5.41, 5.74) is 1.34. The van der Waals surface area contributed by atoms with E-state index >= 15 is 0 Å². The van der Waals surface area contributed by atoms with Gasteiger partial charge in [-0.1, -0.05) is 53.5 Å². The number of aliphatic imine (C=N–C) groups is 1. The molecule has 0 aliphatic rings. The Bertz CT molecular complexity index is 771. The number of esters is 1. The van der Waals surface area contributed by atoms with Gasteiger partial charge in [0.1, 0.15) is 12.3 Å². The van der Waals surface area contributed by atoms with E-state index in [0.29, 0.717) is 15.6 Å². The first-order valence-corrected chi connectivity index (χ1v) is 8.05. The van der Waals surface area contributed by atoms with E-state index in [0.717, 1.165) is 5.56 Å². The maximum Gasteiger partial charge on any atom is 0.434 e. The predicted molar refractivity (Wildman–Crippen MR) is 96.2 cm³/mol. The molecule has 5 nitrogen and oxygen atoms in total. The second-order valence-corrected chi connectivity index (χ2v) is 5.92. The van der Waals surface area contributed by atoms with Crippen LogP contribution in [0.1, 0.15) is 11.1 Å². The summed E-state index contributed by atoms with van der Waals surface area (Å²) in [6.45, 7) is 0.0562. The van der Waals surface area contributed by atoms with Gasteiger partial charge in [-0.05, 0) is 29.3 Å². The fourth-order valence-corrected chi connectivity index (χ4v) is 2.61. The molecule has 0 heterocycles. The summed E-state index contributed by atoms with van der Waals surface area (Å²) in [4.78, 5) is 27.5. The molecule has 1 amide bonds. The minimum absolute atomic E-state index is 0.0351. The number of amides is 1. The number of nitrogens with zero attached hydrogens (tertiary/aromatic N) is 1. The molecule has 2 aromatic rings. The van der Waals surface area contributed by atoms with Gasteiger partial charge in [0, 0.05) is 16.5 Å². The van der Waals surface area contributed by atoms with Crippen LogP contribution in [0.25, 0.3) is 0 Å². The molecule has 0 spiro atoms. The normalized spacial score (nSPS) is 11.1. The van der Waals surface area contributed by atoms with Crippen molar-refractivity contribution in [3.8, 4) is 0 Å². The van der Waals surface area contributed by atoms with Crippen LogP contribution in [0.5, 0.6) is 0 Å². The van der Waals surface area contributed by atoms with Crippen molar-refractivity contribution in [3.05, 3.63) is 69.7 Å². The van der Waals surface area contributed by atoms with Crippen LogP contribution in [0.15, 0.2) is 53.5 Å². The highest BCUT2D eigenvalue weighted by molar-refractivity contribution is 6.38.